The topological polar surface area (TPSA) is 42.7 Å². The zero-order chi connectivity index (χ0) is 21.9. The third kappa shape index (κ3) is 6.13. The molecule has 0 aliphatic carbocycles. The van der Waals surface area contributed by atoms with Crippen LogP contribution in [0.5, 0.6) is 0 Å². The van der Waals surface area contributed by atoms with E-state index < -0.39 is 0 Å². The molecule has 2 aromatic carbocycles. The molecule has 1 N–H and O–H groups in total. The normalized spacial score (nSPS) is 12.4. The first-order chi connectivity index (χ1) is 14.0. The second kappa shape index (κ2) is 8.86. The van der Waals surface area contributed by atoms with Gasteiger partial charge in [0, 0.05) is 22.7 Å². The van der Waals surface area contributed by atoms with Crippen LogP contribution in [0.15, 0.2) is 48.5 Å². The summed E-state index contributed by atoms with van der Waals surface area (Å²) in [5.41, 5.74) is 3.68. The molecule has 0 aliphatic heterocycles. The summed E-state index contributed by atoms with van der Waals surface area (Å²) in [6, 6.07) is 14.4. The smallest absolute Gasteiger partial charge is 0.124 e. The second-order valence-corrected chi connectivity index (χ2v) is 10.0. The zero-order valence-electron chi connectivity index (χ0n) is 18.3. The molecule has 0 spiro atoms. The quantitative estimate of drug-likeness (QED) is 0.495. The van der Waals surface area contributed by atoms with Crippen LogP contribution < -0.4 is 5.32 Å². The van der Waals surface area contributed by atoms with Crippen molar-refractivity contribution in [3.05, 3.63) is 70.6 Å². The molecule has 4 nitrogen and oxygen atoms in total. The number of nitrogens with one attached hydrogen (secondary N) is 1. The molecule has 1 aromatic heterocycles. The van der Waals surface area contributed by atoms with Crippen LogP contribution >= 0.6 is 11.6 Å². The summed E-state index contributed by atoms with van der Waals surface area (Å²) in [5, 5.41) is 13.5. The van der Waals surface area contributed by atoms with Gasteiger partial charge in [0.2, 0.25) is 0 Å². The van der Waals surface area contributed by atoms with Gasteiger partial charge in [-0.1, -0.05) is 68.8 Å². The van der Waals surface area contributed by atoms with Gasteiger partial charge < -0.3 is 5.32 Å². The van der Waals surface area contributed by atoms with E-state index in [9.17, 15) is 4.39 Å². The number of halogens is 2. The molecule has 30 heavy (non-hydrogen) atoms. The van der Waals surface area contributed by atoms with Crippen molar-refractivity contribution >= 4 is 11.6 Å². The lowest BCUT2D eigenvalue weighted by Gasteiger charge is -2.33. The van der Waals surface area contributed by atoms with Crippen molar-refractivity contribution < 1.29 is 4.39 Å². The fourth-order valence-electron chi connectivity index (χ4n) is 3.91. The van der Waals surface area contributed by atoms with E-state index in [1.807, 2.05) is 30.3 Å². The summed E-state index contributed by atoms with van der Waals surface area (Å²) in [6.45, 7) is 12.1. The van der Waals surface area contributed by atoms with E-state index in [2.05, 4.69) is 39.9 Å². The van der Waals surface area contributed by atoms with Gasteiger partial charge in [-0.25, -0.2) is 4.39 Å². The van der Waals surface area contributed by atoms with Gasteiger partial charge in [-0.2, -0.15) is 15.0 Å². The number of rotatable bonds is 7. The number of hydrogen-bond acceptors (Lipinski definition) is 3. The van der Waals surface area contributed by atoms with Crippen LogP contribution in [0.25, 0.3) is 11.3 Å². The Hall–Kier alpha value is -2.24. The second-order valence-electron chi connectivity index (χ2n) is 9.60. The summed E-state index contributed by atoms with van der Waals surface area (Å²) in [5.74, 6) is -0.354. The summed E-state index contributed by atoms with van der Waals surface area (Å²) >= 11 is 6.20. The SMILES string of the molecule is CC(C)(C)CC(C)(C)NCc1nn(Cc2ccc(F)cc2Cl)nc1-c1ccccc1. The Labute approximate surface area is 183 Å². The van der Waals surface area contributed by atoms with Crippen molar-refractivity contribution in [2.75, 3.05) is 0 Å². The molecule has 0 atom stereocenters. The van der Waals surface area contributed by atoms with Crippen LogP contribution in [0, 0.1) is 11.2 Å². The molecule has 160 valence electrons. The molecule has 0 aliphatic rings. The van der Waals surface area contributed by atoms with Crippen LogP contribution in [0.3, 0.4) is 0 Å². The standard InChI is InChI=1S/C24H30ClFN4/c1-23(2,3)16-24(4,5)27-14-21-22(17-9-7-6-8-10-17)29-30(28-21)15-18-11-12-19(26)13-20(18)25/h6-13,27H,14-16H2,1-5H3. The van der Waals surface area contributed by atoms with E-state index in [1.54, 1.807) is 10.9 Å². The molecular weight excluding hydrogens is 399 g/mol. The van der Waals surface area contributed by atoms with Crippen molar-refractivity contribution in [1.82, 2.24) is 20.3 Å². The number of nitrogens with zero attached hydrogens (tertiary/aromatic N) is 3. The first-order valence-corrected chi connectivity index (χ1v) is 10.6. The molecular formula is C24H30ClFN4. The predicted molar refractivity (Wildman–Crippen MR) is 121 cm³/mol. The van der Waals surface area contributed by atoms with Crippen molar-refractivity contribution in [1.29, 1.82) is 0 Å². The first kappa shape index (κ1) is 22.4. The van der Waals surface area contributed by atoms with Gasteiger partial charge in [-0.15, -0.1) is 0 Å². The van der Waals surface area contributed by atoms with E-state index in [1.165, 1.54) is 12.1 Å². The van der Waals surface area contributed by atoms with Crippen LogP contribution in [0.1, 0.15) is 52.3 Å². The summed E-state index contributed by atoms with van der Waals surface area (Å²) in [4.78, 5) is 1.63. The van der Waals surface area contributed by atoms with Gasteiger partial charge in [0.25, 0.3) is 0 Å². The maximum Gasteiger partial charge on any atom is 0.124 e. The maximum absolute atomic E-state index is 13.4. The van der Waals surface area contributed by atoms with E-state index in [4.69, 9.17) is 21.8 Å². The lowest BCUT2D eigenvalue weighted by atomic mass is 9.82. The highest BCUT2D eigenvalue weighted by atomic mass is 35.5. The lowest BCUT2D eigenvalue weighted by Crippen LogP contribution is -2.42. The molecule has 6 heteroatoms. The minimum atomic E-state index is -0.354. The molecule has 1 heterocycles. The highest BCUT2D eigenvalue weighted by Crippen LogP contribution is 2.28. The van der Waals surface area contributed by atoms with Crippen LogP contribution in [-0.2, 0) is 13.1 Å². The van der Waals surface area contributed by atoms with Crippen LogP contribution in [-0.4, -0.2) is 20.5 Å². The van der Waals surface area contributed by atoms with E-state index in [0.717, 1.165) is 28.9 Å². The van der Waals surface area contributed by atoms with Gasteiger partial charge in [-0.3, -0.25) is 0 Å². The van der Waals surface area contributed by atoms with Crippen molar-refractivity contribution in [3.63, 3.8) is 0 Å². The Morgan fingerprint density at radius 2 is 1.70 bits per heavy atom. The highest BCUT2D eigenvalue weighted by Gasteiger charge is 2.26. The van der Waals surface area contributed by atoms with Gasteiger partial charge >= 0.3 is 0 Å². The minimum Gasteiger partial charge on any atom is -0.306 e. The minimum absolute atomic E-state index is 0.0454. The Morgan fingerprint density at radius 3 is 2.33 bits per heavy atom. The van der Waals surface area contributed by atoms with Gasteiger partial charge in [0.05, 0.1) is 6.54 Å². The monoisotopic (exact) mass is 428 g/mol. The van der Waals surface area contributed by atoms with E-state index >= 15 is 0 Å². The van der Waals surface area contributed by atoms with Crippen molar-refractivity contribution in [3.8, 4) is 11.3 Å². The van der Waals surface area contributed by atoms with Gasteiger partial charge in [-0.05, 0) is 43.4 Å². The number of hydrogen-bond donors (Lipinski definition) is 1. The predicted octanol–water partition coefficient (Wildman–Crippen LogP) is 6.09. The Morgan fingerprint density at radius 1 is 1.00 bits per heavy atom. The molecule has 0 unspecified atom stereocenters. The first-order valence-electron chi connectivity index (χ1n) is 10.2. The summed E-state index contributed by atoms with van der Waals surface area (Å²) in [7, 11) is 0. The number of aromatic nitrogens is 3. The van der Waals surface area contributed by atoms with Crippen molar-refractivity contribution in [2.24, 2.45) is 5.41 Å². The van der Waals surface area contributed by atoms with E-state index in [-0.39, 0.29) is 16.8 Å². The Kier molecular flexibility index (Phi) is 6.63. The lowest BCUT2D eigenvalue weighted by molar-refractivity contribution is 0.240. The largest absolute Gasteiger partial charge is 0.306 e. The number of benzene rings is 2. The maximum atomic E-state index is 13.4. The molecule has 3 aromatic rings. The molecule has 0 saturated heterocycles. The average Bonchev–Trinajstić information content (AvgIpc) is 3.04. The molecule has 3 rings (SSSR count). The Balaban J connectivity index is 1.87. The molecule has 0 fully saturated rings. The average molecular weight is 429 g/mol. The van der Waals surface area contributed by atoms with Crippen LogP contribution in [0.4, 0.5) is 4.39 Å². The molecule has 0 saturated carbocycles. The fraction of sp³-hybridized carbons (Fsp3) is 0.417. The third-order valence-electron chi connectivity index (χ3n) is 4.81. The molecule has 0 amide bonds. The fourth-order valence-corrected chi connectivity index (χ4v) is 4.13. The zero-order valence-corrected chi connectivity index (χ0v) is 19.1. The highest BCUT2D eigenvalue weighted by molar-refractivity contribution is 6.31. The van der Waals surface area contributed by atoms with E-state index in [0.29, 0.717) is 18.1 Å². The third-order valence-corrected chi connectivity index (χ3v) is 5.16. The molecule has 0 radical (unpaired) electrons. The van der Waals surface area contributed by atoms with Gasteiger partial charge in [0.15, 0.2) is 0 Å². The van der Waals surface area contributed by atoms with Gasteiger partial charge in [0.1, 0.15) is 17.2 Å². The van der Waals surface area contributed by atoms with Crippen molar-refractivity contribution in [2.45, 2.75) is 59.7 Å². The summed E-state index contributed by atoms with van der Waals surface area (Å²) in [6.07, 6.45) is 1.03. The summed E-state index contributed by atoms with van der Waals surface area (Å²) < 4.78 is 13.4. The van der Waals surface area contributed by atoms with Crippen LogP contribution in [0.2, 0.25) is 5.02 Å². The Bertz CT molecular complexity index is 990. The molecule has 0 bridgehead atoms.